The van der Waals surface area contributed by atoms with E-state index in [1.54, 1.807) is 24.6 Å². The van der Waals surface area contributed by atoms with E-state index in [1.807, 2.05) is 12.1 Å². The maximum absolute atomic E-state index is 5.20. The van der Waals surface area contributed by atoms with Gasteiger partial charge in [-0.1, -0.05) is 18.3 Å². The van der Waals surface area contributed by atoms with Gasteiger partial charge < -0.3 is 10.1 Å². The Balaban J connectivity index is 2.24. The van der Waals surface area contributed by atoms with Crippen LogP contribution in [0.15, 0.2) is 18.3 Å². The summed E-state index contributed by atoms with van der Waals surface area (Å²) < 4.78 is 5.20. The van der Waals surface area contributed by atoms with E-state index in [0.717, 1.165) is 28.7 Å². The molecule has 0 amide bonds. The van der Waals surface area contributed by atoms with E-state index in [-0.39, 0.29) is 0 Å². The summed E-state index contributed by atoms with van der Waals surface area (Å²) in [5.41, 5.74) is 0.884. The van der Waals surface area contributed by atoms with Crippen LogP contribution in [0, 0.1) is 0 Å². The molecule has 0 aliphatic rings. The summed E-state index contributed by atoms with van der Waals surface area (Å²) in [5, 5.41) is 13.3. The fraction of sp³-hybridized carbons (Fsp3) is 0.364. The van der Waals surface area contributed by atoms with Crippen molar-refractivity contribution in [1.82, 2.24) is 20.5 Å². The van der Waals surface area contributed by atoms with Crippen LogP contribution in [-0.2, 0) is 6.54 Å². The normalized spacial score (nSPS) is 10.5. The van der Waals surface area contributed by atoms with Crippen molar-refractivity contribution in [3.8, 4) is 16.5 Å². The minimum Gasteiger partial charge on any atom is -0.480 e. The first-order chi connectivity index (χ1) is 8.35. The Morgan fingerprint density at radius 1 is 1.41 bits per heavy atom. The van der Waals surface area contributed by atoms with Crippen LogP contribution >= 0.6 is 11.3 Å². The number of hydrogen-bond acceptors (Lipinski definition) is 6. The molecular formula is C11H14N4OS. The van der Waals surface area contributed by atoms with Crippen molar-refractivity contribution in [2.24, 2.45) is 0 Å². The third-order valence-electron chi connectivity index (χ3n) is 2.19. The van der Waals surface area contributed by atoms with E-state index in [0.29, 0.717) is 5.88 Å². The lowest BCUT2D eigenvalue weighted by molar-refractivity contribution is 0.399. The number of hydrogen-bond donors (Lipinski definition) is 1. The third-order valence-corrected chi connectivity index (χ3v) is 3.14. The molecule has 0 spiro atoms. The van der Waals surface area contributed by atoms with Gasteiger partial charge in [-0.2, -0.15) is 0 Å². The molecule has 1 N–H and O–H groups in total. The molecule has 0 saturated carbocycles. The summed E-state index contributed by atoms with van der Waals surface area (Å²) in [6.07, 6.45) is 1.70. The molecule has 0 aliphatic carbocycles. The monoisotopic (exact) mass is 250 g/mol. The van der Waals surface area contributed by atoms with Crippen LogP contribution in [0.2, 0.25) is 0 Å². The van der Waals surface area contributed by atoms with Gasteiger partial charge in [0.15, 0.2) is 5.01 Å². The third kappa shape index (κ3) is 2.78. The molecule has 2 aromatic rings. The maximum atomic E-state index is 5.20. The number of methoxy groups -OCH3 is 1. The molecule has 0 bridgehead atoms. The zero-order valence-electron chi connectivity index (χ0n) is 9.80. The first-order valence-electron chi connectivity index (χ1n) is 5.37. The van der Waals surface area contributed by atoms with Crippen molar-refractivity contribution in [2.45, 2.75) is 13.5 Å². The zero-order chi connectivity index (χ0) is 12.1. The Hall–Kier alpha value is -1.53. The molecular weight excluding hydrogens is 236 g/mol. The highest BCUT2D eigenvalue weighted by molar-refractivity contribution is 7.14. The van der Waals surface area contributed by atoms with E-state index in [9.17, 15) is 0 Å². The van der Waals surface area contributed by atoms with Crippen molar-refractivity contribution >= 4 is 11.3 Å². The highest BCUT2D eigenvalue weighted by Gasteiger charge is 2.11. The van der Waals surface area contributed by atoms with Gasteiger partial charge in [-0.15, -0.1) is 10.2 Å². The molecule has 0 atom stereocenters. The van der Waals surface area contributed by atoms with Gasteiger partial charge in [-0.25, -0.2) is 4.98 Å². The molecule has 2 rings (SSSR count). The van der Waals surface area contributed by atoms with Crippen LogP contribution in [0.3, 0.4) is 0 Å². The van der Waals surface area contributed by atoms with Crippen molar-refractivity contribution in [2.75, 3.05) is 13.7 Å². The van der Waals surface area contributed by atoms with E-state index in [4.69, 9.17) is 4.74 Å². The van der Waals surface area contributed by atoms with E-state index in [2.05, 4.69) is 27.4 Å². The van der Waals surface area contributed by atoms with Gasteiger partial charge in [0.2, 0.25) is 5.88 Å². The van der Waals surface area contributed by atoms with Crippen molar-refractivity contribution in [3.05, 3.63) is 23.3 Å². The van der Waals surface area contributed by atoms with Gasteiger partial charge in [0, 0.05) is 12.7 Å². The first kappa shape index (κ1) is 11.9. The molecule has 0 unspecified atom stereocenters. The fourth-order valence-electron chi connectivity index (χ4n) is 1.38. The first-order valence-corrected chi connectivity index (χ1v) is 6.19. The Labute approximate surface area is 104 Å². The van der Waals surface area contributed by atoms with Gasteiger partial charge >= 0.3 is 0 Å². The average Bonchev–Trinajstić information content (AvgIpc) is 2.85. The molecule has 5 nitrogen and oxygen atoms in total. The molecule has 0 aliphatic heterocycles. The van der Waals surface area contributed by atoms with Gasteiger partial charge in [-0.3, -0.25) is 0 Å². The van der Waals surface area contributed by atoms with Crippen molar-refractivity contribution in [3.63, 3.8) is 0 Å². The molecule has 2 heterocycles. The van der Waals surface area contributed by atoms with Crippen LogP contribution in [0.25, 0.3) is 10.6 Å². The van der Waals surface area contributed by atoms with E-state index < -0.39 is 0 Å². The molecule has 6 heteroatoms. The summed E-state index contributed by atoms with van der Waals surface area (Å²) in [6.45, 7) is 3.73. The number of aromatic nitrogens is 3. The minimum absolute atomic E-state index is 0.582. The summed E-state index contributed by atoms with van der Waals surface area (Å²) >= 11 is 1.55. The number of pyridine rings is 1. The summed E-state index contributed by atoms with van der Waals surface area (Å²) in [4.78, 5) is 4.15. The number of rotatable bonds is 5. The second-order valence-electron chi connectivity index (χ2n) is 3.34. The molecule has 17 heavy (non-hydrogen) atoms. The lowest BCUT2D eigenvalue weighted by atomic mass is 10.3. The lowest BCUT2D eigenvalue weighted by Gasteiger charge is -2.02. The smallest absolute Gasteiger partial charge is 0.223 e. The highest BCUT2D eigenvalue weighted by Crippen LogP contribution is 2.29. The molecule has 0 fully saturated rings. The summed E-state index contributed by atoms with van der Waals surface area (Å²) in [5.74, 6) is 0.582. The topological polar surface area (TPSA) is 59.9 Å². The van der Waals surface area contributed by atoms with Crippen molar-refractivity contribution < 1.29 is 4.74 Å². The SMILES string of the molecule is CCNCc1nnc(-c2cccnc2OC)s1. The Morgan fingerprint density at radius 3 is 3.06 bits per heavy atom. The standard InChI is InChI=1S/C11H14N4OS/c1-3-12-7-9-14-15-11(17-9)8-5-4-6-13-10(8)16-2/h4-6,12H,3,7H2,1-2H3. The zero-order valence-corrected chi connectivity index (χ0v) is 10.6. The summed E-state index contributed by atoms with van der Waals surface area (Å²) in [7, 11) is 1.60. The van der Waals surface area contributed by atoms with Crippen LogP contribution in [-0.4, -0.2) is 28.8 Å². The average molecular weight is 250 g/mol. The molecule has 0 saturated heterocycles. The largest absolute Gasteiger partial charge is 0.480 e. The Kier molecular flexibility index (Phi) is 4.00. The molecule has 0 radical (unpaired) electrons. The maximum Gasteiger partial charge on any atom is 0.223 e. The highest BCUT2D eigenvalue weighted by atomic mass is 32.1. The predicted octanol–water partition coefficient (Wildman–Crippen LogP) is 1.72. The molecule has 2 aromatic heterocycles. The van der Waals surface area contributed by atoms with E-state index >= 15 is 0 Å². The van der Waals surface area contributed by atoms with Crippen LogP contribution in [0.1, 0.15) is 11.9 Å². The van der Waals surface area contributed by atoms with Crippen LogP contribution in [0.4, 0.5) is 0 Å². The number of nitrogens with zero attached hydrogens (tertiary/aromatic N) is 3. The number of nitrogens with one attached hydrogen (secondary N) is 1. The predicted molar refractivity (Wildman–Crippen MR) is 67.1 cm³/mol. The lowest BCUT2D eigenvalue weighted by Crippen LogP contribution is -2.11. The Morgan fingerprint density at radius 2 is 2.29 bits per heavy atom. The molecule has 0 aromatic carbocycles. The second-order valence-corrected chi connectivity index (χ2v) is 4.40. The van der Waals surface area contributed by atoms with Gasteiger partial charge in [-0.05, 0) is 18.7 Å². The Bertz CT molecular complexity index is 486. The van der Waals surface area contributed by atoms with Gasteiger partial charge in [0.25, 0.3) is 0 Å². The molecule has 90 valence electrons. The quantitative estimate of drug-likeness (QED) is 0.875. The van der Waals surface area contributed by atoms with Gasteiger partial charge in [0.05, 0.1) is 12.7 Å². The minimum atomic E-state index is 0.582. The van der Waals surface area contributed by atoms with E-state index in [1.165, 1.54) is 0 Å². The fourth-order valence-corrected chi connectivity index (χ4v) is 2.21. The second kappa shape index (κ2) is 5.70. The summed E-state index contributed by atoms with van der Waals surface area (Å²) in [6, 6.07) is 3.80. The number of ether oxygens (including phenoxy) is 1. The van der Waals surface area contributed by atoms with Crippen molar-refractivity contribution in [1.29, 1.82) is 0 Å². The van der Waals surface area contributed by atoms with Crippen LogP contribution in [0.5, 0.6) is 5.88 Å². The van der Waals surface area contributed by atoms with Gasteiger partial charge in [0.1, 0.15) is 5.01 Å². The van der Waals surface area contributed by atoms with Crippen LogP contribution < -0.4 is 10.1 Å².